The molecule has 26 heavy (non-hydrogen) atoms. The zero-order valence-corrected chi connectivity index (χ0v) is 16.6. The highest BCUT2D eigenvalue weighted by molar-refractivity contribution is 6.63. The first-order chi connectivity index (χ1) is 12.1. The van der Waals surface area contributed by atoms with Crippen molar-refractivity contribution in [3.63, 3.8) is 0 Å². The molecule has 1 aliphatic heterocycles. The van der Waals surface area contributed by atoms with Crippen LogP contribution in [0.5, 0.6) is 5.75 Å². The van der Waals surface area contributed by atoms with Crippen LogP contribution in [0, 0.1) is 0 Å². The van der Waals surface area contributed by atoms with Gasteiger partial charge in [-0.1, -0.05) is 25.5 Å². The molecular formula is C20H29BO5. The Kier molecular flexibility index (Phi) is 6.19. The standard InChI is InChI=1S/C20H29BO5/c1-7-8-11-24-17-13-15(12-14(2)18(22)23)9-10-16(17)21-25-19(3,4)20(5,6)26-21/h9-10,12-13H,7-8,11H2,1-6H3,(H,22,23)/b14-12+. The third kappa shape index (κ3) is 4.49. The van der Waals surface area contributed by atoms with Crippen molar-refractivity contribution in [3.05, 3.63) is 29.3 Å². The zero-order valence-electron chi connectivity index (χ0n) is 16.6. The lowest BCUT2D eigenvalue weighted by Crippen LogP contribution is -2.41. The van der Waals surface area contributed by atoms with Gasteiger partial charge in [0, 0.05) is 11.0 Å². The van der Waals surface area contributed by atoms with E-state index in [1.165, 1.54) is 0 Å². The van der Waals surface area contributed by atoms with Crippen LogP contribution >= 0.6 is 0 Å². The normalized spacial score (nSPS) is 18.8. The van der Waals surface area contributed by atoms with E-state index in [4.69, 9.17) is 19.2 Å². The van der Waals surface area contributed by atoms with Gasteiger partial charge in [0.25, 0.3) is 0 Å². The van der Waals surface area contributed by atoms with Gasteiger partial charge in [-0.2, -0.15) is 0 Å². The number of benzene rings is 1. The molecule has 1 saturated heterocycles. The number of unbranched alkanes of at least 4 members (excludes halogenated alkanes) is 1. The van der Waals surface area contributed by atoms with Crippen LogP contribution in [0.3, 0.4) is 0 Å². The van der Waals surface area contributed by atoms with Crippen molar-refractivity contribution in [1.29, 1.82) is 0 Å². The van der Waals surface area contributed by atoms with Crippen molar-refractivity contribution in [1.82, 2.24) is 0 Å². The lowest BCUT2D eigenvalue weighted by atomic mass is 9.78. The highest BCUT2D eigenvalue weighted by Crippen LogP contribution is 2.37. The van der Waals surface area contributed by atoms with Crippen LogP contribution in [0.2, 0.25) is 0 Å². The molecule has 0 saturated carbocycles. The second kappa shape index (κ2) is 7.84. The van der Waals surface area contributed by atoms with Gasteiger partial charge in [-0.25, -0.2) is 4.79 Å². The summed E-state index contributed by atoms with van der Waals surface area (Å²) < 4.78 is 18.3. The second-order valence-electron chi connectivity index (χ2n) is 7.72. The van der Waals surface area contributed by atoms with Crippen LogP contribution < -0.4 is 10.2 Å². The average molecular weight is 360 g/mol. The molecule has 1 N–H and O–H groups in total. The average Bonchev–Trinajstić information content (AvgIpc) is 2.75. The zero-order chi connectivity index (χ0) is 19.5. The Morgan fingerprint density at radius 3 is 2.38 bits per heavy atom. The Bertz CT molecular complexity index is 677. The minimum absolute atomic E-state index is 0.271. The SMILES string of the molecule is CCCCOc1cc(/C=C(\C)C(=O)O)ccc1B1OC(C)(C)C(C)(C)O1. The quantitative estimate of drug-likeness (QED) is 0.457. The molecule has 1 heterocycles. The van der Waals surface area contributed by atoms with Crippen LogP contribution in [0.1, 0.15) is 59.9 Å². The lowest BCUT2D eigenvalue weighted by Gasteiger charge is -2.32. The number of hydrogen-bond acceptors (Lipinski definition) is 4. The predicted molar refractivity (Wildman–Crippen MR) is 104 cm³/mol. The van der Waals surface area contributed by atoms with Crippen LogP contribution in [-0.4, -0.2) is 36.0 Å². The summed E-state index contributed by atoms with van der Waals surface area (Å²) in [4.78, 5) is 11.1. The molecule has 142 valence electrons. The molecule has 0 bridgehead atoms. The Hall–Kier alpha value is -1.79. The molecule has 2 rings (SSSR count). The van der Waals surface area contributed by atoms with Gasteiger partial charge >= 0.3 is 13.1 Å². The fourth-order valence-electron chi connectivity index (χ4n) is 2.57. The maximum absolute atomic E-state index is 11.1. The van der Waals surface area contributed by atoms with E-state index in [-0.39, 0.29) is 5.57 Å². The van der Waals surface area contributed by atoms with Gasteiger partial charge in [0.1, 0.15) is 5.75 Å². The van der Waals surface area contributed by atoms with Crippen molar-refractivity contribution in [3.8, 4) is 5.75 Å². The van der Waals surface area contributed by atoms with Crippen LogP contribution in [-0.2, 0) is 14.1 Å². The summed E-state index contributed by atoms with van der Waals surface area (Å²) in [7, 11) is -0.518. The Labute approximate surface area is 156 Å². The highest BCUT2D eigenvalue weighted by atomic mass is 16.7. The van der Waals surface area contributed by atoms with Gasteiger partial charge in [-0.05, 0) is 58.7 Å². The Balaban J connectivity index is 2.36. The fraction of sp³-hybridized carbons (Fsp3) is 0.550. The molecular weight excluding hydrogens is 331 g/mol. The van der Waals surface area contributed by atoms with Crippen molar-refractivity contribution in [2.24, 2.45) is 0 Å². The van der Waals surface area contributed by atoms with E-state index in [9.17, 15) is 4.79 Å². The molecule has 6 heteroatoms. The summed E-state index contributed by atoms with van der Waals surface area (Å²) in [6, 6.07) is 5.60. The van der Waals surface area contributed by atoms with E-state index < -0.39 is 24.3 Å². The number of carboxylic acid groups (broad SMARTS) is 1. The van der Waals surface area contributed by atoms with Crippen molar-refractivity contribution >= 4 is 24.6 Å². The van der Waals surface area contributed by atoms with E-state index in [1.807, 2.05) is 45.9 Å². The highest BCUT2D eigenvalue weighted by Gasteiger charge is 2.52. The van der Waals surface area contributed by atoms with Gasteiger partial charge in [-0.15, -0.1) is 0 Å². The first-order valence-corrected chi connectivity index (χ1v) is 9.11. The number of aliphatic carboxylic acids is 1. The van der Waals surface area contributed by atoms with E-state index >= 15 is 0 Å². The smallest absolute Gasteiger partial charge is 0.494 e. The Morgan fingerprint density at radius 1 is 1.23 bits per heavy atom. The molecule has 0 radical (unpaired) electrons. The maximum Gasteiger partial charge on any atom is 0.498 e. The summed E-state index contributed by atoms with van der Waals surface area (Å²) in [5.41, 5.74) is 1.00. The van der Waals surface area contributed by atoms with E-state index in [2.05, 4.69) is 6.92 Å². The number of carboxylic acids is 1. The Morgan fingerprint density at radius 2 is 1.85 bits per heavy atom. The molecule has 0 atom stereocenters. The molecule has 1 aromatic carbocycles. The van der Waals surface area contributed by atoms with Crippen molar-refractivity contribution in [2.75, 3.05) is 6.61 Å². The van der Waals surface area contributed by atoms with E-state index in [0.29, 0.717) is 12.4 Å². The molecule has 5 nitrogen and oxygen atoms in total. The largest absolute Gasteiger partial charge is 0.498 e. The van der Waals surface area contributed by atoms with Crippen molar-refractivity contribution in [2.45, 2.75) is 65.6 Å². The number of carbonyl (C=O) groups is 1. The third-order valence-electron chi connectivity index (χ3n) is 5.02. The predicted octanol–water partition coefficient (Wildman–Crippen LogP) is 3.65. The minimum atomic E-state index is -0.937. The molecule has 1 aromatic rings. The van der Waals surface area contributed by atoms with Crippen LogP contribution in [0.25, 0.3) is 6.08 Å². The van der Waals surface area contributed by atoms with E-state index in [1.54, 1.807) is 13.0 Å². The molecule has 1 fully saturated rings. The summed E-state index contributed by atoms with van der Waals surface area (Å²) in [6.45, 7) is 12.3. The van der Waals surface area contributed by atoms with Gasteiger partial charge < -0.3 is 19.2 Å². The fourth-order valence-corrected chi connectivity index (χ4v) is 2.57. The summed E-state index contributed by atoms with van der Waals surface area (Å²) >= 11 is 0. The number of ether oxygens (including phenoxy) is 1. The summed E-state index contributed by atoms with van der Waals surface area (Å²) in [6.07, 6.45) is 3.60. The van der Waals surface area contributed by atoms with Crippen LogP contribution in [0.15, 0.2) is 23.8 Å². The van der Waals surface area contributed by atoms with E-state index in [0.717, 1.165) is 23.9 Å². The van der Waals surface area contributed by atoms with Gasteiger partial charge in [0.2, 0.25) is 0 Å². The number of hydrogen-bond donors (Lipinski definition) is 1. The molecule has 0 amide bonds. The third-order valence-corrected chi connectivity index (χ3v) is 5.02. The monoisotopic (exact) mass is 360 g/mol. The molecule has 0 unspecified atom stereocenters. The van der Waals surface area contributed by atoms with Gasteiger partial charge in [-0.3, -0.25) is 0 Å². The molecule has 0 aliphatic carbocycles. The number of rotatable bonds is 7. The minimum Gasteiger partial charge on any atom is -0.494 e. The second-order valence-corrected chi connectivity index (χ2v) is 7.72. The maximum atomic E-state index is 11.1. The van der Waals surface area contributed by atoms with Crippen LogP contribution in [0.4, 0.5) is 0 Å². The first kappa shape index (κ1) is 20.5. The molecule has 1 aliphatic rings. The van der Waals surface area contributed by atoms with Gasteiger partial charge in [0.05, 0.1) is 17.8 Å². The van der Waals surface area contributed by atoms with Crippen molar-refractivity contribution < 1.29 is 23.9 Å². The molecule has 0 aromatic heterocycles. The van der Waals surface area contributed by atoms with Gasteiger partial charge in [0.15, 0.2) is 0 Å². The lowest BCUT2D eigenvalue weighted by molar-refractivity contribution is -0.132. The topological polar surface area (TPSA) is 65.0 Å². The molecule has 0 spiro atoms. The summed E-state index contributed by atoms with van der Waals surface area (Å²) in [5.74, 6) is -0.266. The first-order valence-electron chi connectivity index (χ1n) is 9.11. The summed E-state index contributed by atoms with van der Waals surface area (Å²) in [5, 5.41) is 9.09.